The molecule has 1 aliphatic carbocycles. The third-order valence-corrected chi connectivity index (χ3v) is 3.07. The van der Waals surface area contributed by atoms with Crippen molar-refractivity contribution in [3.05, 3.63) is 24.0 Å². The van der Waals surface area contributed by atoms with Crippen LogP contribution in [0, 0.1) is 0 Å². The van der Waals surface area contributed by atoms with E-state index in [1.165, 1.54) is 24.8 Å². The normalized spacial score (nSPS) is 19.8. The van der Waals surface area contributed by atoms with Crippen molar-refractivity contribution in [1.29, 1.82) is 0 Å². The lowest BCUT2D eigenvalue weighted by atomic mass is 9.78. The second-order valence-corrected chi connectivity index (χ2v) is 4.45. The quantitative estimate of drug-likeness (QED) is 0.749. The monoisotopic (exact) mass is 178 g/mol. The maximum absolute atomic E-state index is 3.61. The number of rotatable bonds is 3. The summed E-state index contributed by atoms with van der Waals surface area (Å²) in [5.74, 6) is 0. The summed E-state index contributed by atoms with van der Waals surface area (Å²) in [6, 6.07) is 2.18. The zero-order chi connectivity index (χ0) is 9.31. The first-order chi connectivity index (χ1) is 6.18. The first-order valence-electron chi connectivity index (χ1n) is 5.04. The molecule has 2 rings (SSSR count). The van der Waals surface area contributed by atoms with E-state index in [0.717, 1.165) is 6.54 Å². The molecule has 1 saturated carbocycles. The Hall–Kier alpha value is -0.760. The molecule has 2 heteroatoms. The Morgan fingerprint density at radius 2 is 2.31 bits per heavy atom. The number of aromatic nitrogens is 1. The van der Waals surface area contributed by atoms with Crippen molar-refractivity contribution in [2.24, 2.45) is 7.05 Å². The molecular weight excluding hydrogens is 160 g/mol. The van der Waals surface area contributed by atoms with Gasteiger partial charge in [-0.25, -0.2) is 0 Å². The van der Waals surface area contributed by atoms with E-state index in [-0.39, 0.29) is 0 Å². The zero-order valence-corrected chi connectivity index (χ0v) is 8.51. The van der Waals surface area contributed by atoms with Gasteiger partial charge in [0.05, 0.1) is 0 Å². The van der Waals surface area contributed by atoms with Crippen LogP contribution in [0.15, 0.2) is 18.5 Å². The van der Waals surface area contributed by atoms with E-state index in [1.807, 2.05) is 0 Å². The number of aryl methyl sites for hydroxylation is 1. The van der Waals surface area contributed by atoms with E-state index in [0.29, 0.717) is 5.54 Å². The molecule has 72 valence electrons. The van der Waals surface area contributed by atoms with Gasteiger partial charge in [0.15, 0.2) is 0 Å². The minimum Gasteiger partial charge on any atom is -0.357 e. The lowest BCUT2D eigenvalue weighted by Gasteiger charge is -2.39. The first-order valence-corrected chi connectivity index (χ1v) is 5.04. The van der Waals surface area contributed by atoms with Crippen molar-refractivity contribution in [2.45, 2.75) is 38.3 Å². The van der Waals surface area contributed by atoms with Crippen LogP contribution in [0.1, 0.15) is 31.7 Å². The molecule has 13 heavy (non-hydrogen) atoms. The van der Waals surface area contributed by atoms with Crippen LogP contribution in [0.4, 0.5) is 0 Å². The Morgan fingerprint density at radius 1 is 1.54 bits per heavy atom. The van der Waals surface area contributed by atoms with Gasteiger partial charge in [0.1, 0.15) is 0 Å². The van der Waals surface area contributed by atoms with Gasteiger partial charge in [-0.15, -0.1) is 0 Å². The Bertz CT molecular complexity index is 284. The first kappa shape index (κ1) is 8.82. The molecule has 1 N–H and O–H groups in total. The Labute approximate surface area is 79.9 Å². The molecule has 1 aromatic rings. The van der Waals surface area contributed by atoms with E-state index in [2.05, 4.69) is 42.3 Å². The molecule has 0 spiro atoms. The van der Waals surface area contributed by atoms with Crippen molar-refractivity contribution < 1.29 is 0 Å². The maximum atomic E-state index is 3.61. The summed E-state index contributed by atoms with van der Waals surface area (Å²) in [6.07, 6.45) is 8.33. The average molecular weight is 178 g/mol. The molecular formula is C11H18N2. The molecule has 0 amide bonds. The van der Waals surface area contributed by atoms with Crippen LogP contribution in [0.25, 0.3) is 0 Å². The maximum Gasteiger partial charge on any atom is 0.0225 e. The minimum atomic E-state index is 0.426. The highest BCUT2D eigenvalue weighted by Crippen LogP contribution is 2.31. The van der Waals surface area contributed by atoms with Crippen LogP contribution in [0.5, 0.6) is 0 Å². The topological polar surface area (TPSA) is 17.0 Å². The van der Waals surface area contributed by atoms with E-state index in [9.17, 15) is 0 Å². The van der Waals surface area contributed by atoms with E-state index in [1.54, 1.807) is 0 Å². The van der Waals surface area contributed by atoms with Gasteiger partial charge in [-0.2, -0.15) is 0 Å². The molecule has 1 heterocycles. The highest BCUT2D eigenvalue weighted by Gasteiger charge is 2.30. The van der Waals surface area contributed by atoms with Crippen LogP contribution in [0.3, 0.4) is 0 Å². The van der Waals surface area contributed by atoms with Gasteiger partial charge in [0.25, 0.3) is 0 Å². The molecule has 0 bridgehead atoms. The van der Waals surface area contributed by atoms with Crippen molar-refractivity contribution in [3.8, 4) is 0 Å². The van der Waals surface area contributed by atoms with E-state index >= 15 is 0 Å². The summed E-state index contributed by atoms with van der Waals surface area (Å²) in [7, 11) is 2.06. The Morgan fingerprint density at radius 3 is 2.77 bits per heavy atom. The molecule has 1 aromatic heterocycles. The number of nitrogens with zero attached hydrogens (tertiary/aromatic N) is 1. The number of hydrogen-bond donors (Lipinski definition) is 1. The van der Waals surface area contributed by atoms with E-state index in [4.69, 9.17) is 0 Å². The summed E-state index contributed by atoms with van der Waals surface area (Å²) in [5.41, 5.74) is 1.81. The van der Waals surface area contributed by atoms with Gasteiger partial charge in [0, 0.05) is 31.5 Å². The van der Waals surface area contributed by atoms with Gasteiger partial charge in [-0.1, -0.05) is 0 Å². The molecule has 0 radical (unpaired) electrons. The van der Waals surface area contributed by atoms with Gasteiger partial charge >= 0.3 is 0 Å². The molecule has 0 aromatic carbocycles. The molecule has 1 fully saturated rings. The summed E-state index contributed by atoms with van der Waals surface area (Å²) < 4.78 is 2.10. The van der Waals surface area contributed by atoms with Gasteiger partial charge < -0.3 is 9.88 Å². The highest BCUT2D eigenvalue weighted by molar-refractivity contribution is 5.10. The smallest absolute Gasteiger partial charge is 0.0225 e. The van der Waals surface area contributed by atoms with Crippen molar-refractivity contribution in [2.75, 3.05) is 0 Å². The summed E-state index contributed by atoms with van der Waals surface area (Å²) in [6.45, 7) is 3.33. The van der Waals surface area contributed by atoms with Crippen LogP contribution in [-0.4, -0.2) is 10.1 Å². The number of hydrogen-bond acceptors (Lipinski definition) is 1. The van der Waals surface area contributed by atoms with Gasteiger partial charge in [-0.3, -0.25) is 0 Å². The molecule has 0 aliphatic heterocycles. The van der Waals surface area contributed by atoms with Crippen LogP contribution >= 0.6 is 0 Å². The highest BCUT2D eigenvalue weighted by atomic mass is 15.0. The lowest BCUT2D eigenvalue weighted by Crippen LogP contribution is -2.47. The minimum absolute atomic E-state index is 0.426. The predicted molar refractivity (Wildman–Crippen MR) is 54.5 cm³/mol. The summed E-state index contributed by atoms with van der Waals surface area (Å²) in [5, 5.41) is 3.61. The lowest BCUT2D eigenvalue weighted by molar-refractivity contribution is 0.207. The molecule has 0 saturated heterocycles. The number of nitrogens with one attached hydrogen (secondary N) is 1. The average Bonchev–Trinajstić information content (AvgIpc) is 2.44. The fourth-order valence-corrected chi connectivity index (χ4v) is 1.86. The van der Waals surface area contributed by atoms with E-state index < -0.39 is 0 Å². The SMILES string of the molecule is Cn1ccc(CNC2(C)CCC2)c1. The second kappa shape index (κ2) is 3.18. The molecule has 1 aliphatic rings. The molecule has 0 unspecified atom stereocenters. The largest absolute Gasteiger partial charge is 0.357 e. The standard InChI is InChI=1S/C11H18N2/c1-11(5-3-6-11)12-8-10-4-7-13(2)9-10/h4,7,9,12H,3,5-6,8H2,1-2H3. The summed E-state index contributed by atoms with van der Waals surface area (Å²) in [4.78, 5) is 0. The van der Waals surface area contributed by atoms with Crippen molar-refractivity contribution in [1.82, 2.24) is 9.88 Å². The Balaban J connectivity index is 1.85. The fourth-order valence-electron chi connectivity index (χ4n) is 1.86. The second-order valence-electron chi connectivity index (χ2n) is 4.45. The van der Waals surface area contributed by atoms with Gasteiger partial charge in [0.2, 0.25) is 0 Å². The fraction of sp³-hybridized carbons (Fsp3) is 0.636. The summed E-state index contributed by atoms with van der Waals surface area (Å²) >= 11 is 0. The van der Waals surface area contributed by atoms with Crippen LogP contribution in [0.2, 0.25) is 0 Å². The Kier molecular flexibility index (Phi) is 2.16. The van der Waals surface area contributed by atoms with Gasteiger partial charge in [-0.05, 0) is 37.8 Å². The van der Waals surface area contributed by atoms with Crippen LogP contribution in [-0.2, 0) is 13.6 Å². The third-order valence-electron chi connectivity index (χ3n) is 3.07. The molecule has 0 atom stereocenters. The molecule has 2 nitrogen and oxygen atoms in total. The van der Waals surface area contributed by atoms with Crippen molar-refractivity contribution >= 4 is 0 Å². The zero-order valence-electron chi connectivity index (χ0n) is 8.51. The third kappa shape index (κ3) is 1.94. The van der Waals surface area contributed by atoms with Crippen LogP contribution < -0.4 is 5.32 Å². The predicted octanol–water partition coefficient (Wildman–Crippen LogP) is 2.06. The van der Waals surface area contributed by atoms with Crippen molar-refractivity contribution in [3.63, 3.8) is 0 Å².